The predicted molar refractivity (Wildman–Crippen MR) is 71.1 cm³/mol. The van der Waals surface area contributed by atoms with Crippen molar-refractivity contribution in [3.05, 3.63) is 29.6 Å². The molecule has 0 aliphatic carbocycles. The zero-order valence-corrected chi connectivity index (χ0v) is 11.6. The molecule has 1 heterocycles. The van der Waals surface area contributed by atoms with Crippen LogP contribution in [0.5, 0.6) is 0 Å². The summed E-state index contributed by atoms with van der Waals surface area (Å²) >= 11 is 0. The first-order chi connectivity index (χ1) is 8.38. The van der Waals surface area contributed by atoms with E-state index in [1.54, 1.807) is 6.20 Å². The van der Waals surface area contributed by atoms with E-state index in [-0.39, 0.29) is 5.97 Å². The Bertz CT molecular complexity index is 397. The smallest absolute Gasteiger partial charge is 0.307 e. The van der Waals surface area contributed by atoms with Crippen molar-refractivity contribution in [1.82, 2.24) is 10.3 Å². The Balaban J connectivity index is 2.23. The van der Waals surface area contributed by atoms with E-state index >= 15 is 0 Å². The highest BCUT2D eigenvalue weighted by atomic mass is 16.6. The lowest BCUT2D eigenvalue weighted by Crippen LogP contribution is -2.26. The van der Waals surface area contributed by atoms with Crippen LogP contribution in [-0.4, -0.2) is 23.1 Å². The van der Waals surface area contributed by atoms with Gasteiger partial charge in [-0.25, -0.2) is 0 Å². The van der Waals surface area contributed by atoms with Crippen LogP contribution in [0.4, 0.5) is 0 Å². The van der Waals surface area contributed by atoms with Crippen molar-refractivity contribution < 1.29 is 9.53 Å². The van der Waals surface area contributed by atoms with Gasteiger partial charge in [-0.2, -0.15) is 0 Å². The summed E-state index contributed by atoms with van der Waals surface area (Å²) in [5, 5.41) is 3.23. The van der Waals surface area contributed by atoms with Crippen LogP contribution in [0.25, 0.3) is 0 Å². The third kappa shape index (κ3) is 5.77. The number of carbonyl (C=O) groups is 1. The summed E-state index contributed by atoms with van der Waals surface area (Å²) in [4.78, 5) is 15.5. The SMILES string of the molecule is Cc1cnccc1CNCCC(=O)OC(C)(C)C. The van der Waals surface area contributed by atoms with E-state index in [0.717, 1.165) is 12.1 Å². The zero-order valence-electron chi connectivity index (χ0n) is 11.6. The number of esters is 1. The first-order valence-corrected chi connectivity index (χ1v) is 6.20. The molecule has 100 valence electrons. The highest BCUT2D eigenvalue weighted by Crippen LogP contribution is 2.08. The largest absolute Gasteiger partial charge is 0.460 e. The van der Waals surface area contributed by atoms with Gasteiger partial charge in [0.25, 0.3) is 0 Å². The van der Waals surface area contributed by atoms with Crippen molar-refractivity contribution in [2.75, 3.05) is 6.54 Å². The molecule has 0 unspecified atom stereocenters. The molecule has 0 aliphatic rings. The number of hydrogen-bond donors (Lipinski definition) is 1. The third-order valence-electron chi connectivity index (χ3n) is 2.38. The van der Waals surface area contributed by atoms with E-state index in [4.69, 9.17) is 4.74 Å². The summed E-state index contributed by atoms with van der Waals surface area (Å²) in [5.74, 6) is -0.165. The first-order valence-electron chi connectivity index (χ1n) is 6.20. The summed E-state index contributed by atoms with van der Waals surface area (Å²) in [6.07, 6.45) is 4.00. The minimum atomic E-state index is -0.404. The Morgan fingerprint density at radius 3 is 2.78 bits per heavy atom. The molecule has 1 N–H and O–H groups in total. The van der Waals surface area contributed by atoms with Crippen LogP contribution < -0.4 is 5.32 Å². The molecule has 4 nitrogen and oxygen atoms in total. The minimum Gasteiger partial charge on any atom is -0.460 e. The maximum absolute atomic E-state index is 11.5. The molecule has 18 heavy (non-hydrogen) atoms. The van der Waals surface area contributed by atoms with Gasteiger partial charge in [-0.3, -0.25) is 9.78 Å². The lowest BCUT2D eigenvalue weighted by molar-refractivity contribution is -0.154. The van der Waals surface area contributed by atoms with Gasteiger partial charge in [0.1, 0.15) is 5.60 Å². The summed E-state index contributed by atoms with van der Waals surface area (Å²) in [6, 6.07) is 1.98. The number of nitrogens with zero attached hydrogens (tertiary/aromatic N) is 1. The first kappa shape index (κ1) is 14.6. The van der Waals surface area contributed by atoms with Crippen LogP contribution in [0.3, 0.4) is 0 Å². The monoisotopic (exact) mass is 250 g/mol. The second-order valence-corrected chi connectivity index (χ2v) is 5.32. The summed E-state index contributed by atoms with van der Waals surface area (Å²) in [6.45, 7) is 9.02. The zero-order chi connectivity index (χ0) is 13.6. The average molecular weight is 250 g/mol. The molecule has 1 rings (SSSR count). The summed E-state index contributed by atoms with van der Waals surface area (Å²) in [5.41, 5.74) is 1.95. The van der Waals surface area contributed by atoms with Crippen LogP contribution in [0.2, 0.25) is 0 Å². The average Bonchev–Trinajstić information content (AvgIpc) is 2.24. The Labute approximate surface area is 109 Å². The number of aromatic nitrogens is 1. The Morgan fingerprint density at radius 2 is 2.17 bits per heavy atom. The lowest BCUT2D eigenvalue weighted by atomic mass is 10.1. The van der Waals surface area contributed by atoms with E-state index in [2.05, 4.69) is 10.3 Å². The quantitative estimate of drug-likeness (QED) is 0.643. The second kappa shape index (κ2) is 6.50. The topological polar surface area (TPSA) is 51.2 Å². The number of ether oxygens (including phenoxy) is 1. The molecule has 0 fully saturated rings. The van der Waals surface area contributed by atoms with Gasteiger partial charge in [0.2, 0.25) is 0 Å². The fourth-order valence-corrected chi connectivity index (χ4v) is 1.51. The van der Waals surface area contributed by atoms with Crippen LogP contribution >= 0.6 is 0 Å². The molecule has 0 bridgehead atoms. The Hall–Kier alpha value is -1.42. The molecular formula is C14H22N2O2. The van der Waals surface area contributed by atoms with Crippen molar-refractivity contribution >= 4 is 5.97 Å². The van der Waals surface area contributed by atoms with Gasteiger partial charge in [0.05, 0.1) is 6.42 Å². The highest BCUT2D eigenvalue weighted by Gasteiger charge is 2.15. The maximum atomic E-state index is 11.5. The number of rotatable bonds is 5. The summed E-state index contributed by atoms with van der Waals surface area (Å²) < 4.78 is 5.22. The normalized spacial score (nSPS) is 11.3. The minimum absolute atomic E-state index is 0.165. The number of carbonyl (C=O) groups excluding carboxylic acids is 1. The van der Waals surface area contributed by atoms with Gasteiger partial charge in [-0.1, -0.05) is 0 Å². The summed E-state index contributed by atoms with van der Waals surface area (Å²) in [7, 11) is 0. The van der Waals surface area contributed by atoms with Gasteiger partial charge in [-0.15, -0.1) is 0 Å². The van der Waals surface area contributed by atoms with E-state index in [9.17, 15) is 4.79 Å². The van der Waals surface area contributed by atoms with Gasteiger partial charge in [-0.05, 0) is 44.9 Å². The van der Waals surface area contributed by atoms with Gasteiger partial charge in [0, 0.05) is 25.5 Å². The van der Waals surface area contributed by atoms with Crippen LogP contribution in [0.15, 0.2) is 18.5 Å². The molecule has 0 amide bonds. The van der Waals surface area contributed by atoms with Gasteiger partial charge in [0.15, 0.2) is 0 Å². The Morgan fingerprint density at radius 1 is 1.44 bits per heavy atom. The molecule has 0 spiro atoms. The molecule has 0 radical (unpaired) electrons. The number of hydrogen-bond acceptors (Lipinski definition) is 4. The van der Waals surface area contributed by atoms with Gasteiger partial charge < -0.3 is 10.1 Å². The standard InChI is InChI=1S/C14H22N2O2/c1-11-9-15-7-5-12(11)10-16-8-6-13(17)18-14(2,3)4/h5,7,9,16H,6,8,10H2,1-4H3. The van der Waals surface area contributed by atoms with Gasteiger partial charge >= 0.3 is 5.97 Å². The lowest BCUT2D eigenvalue weighted by Gasteiger charge is -2.19. The third-order valence-corrected chi connectivity index (χ3v) is 2.38. The number of pyridine rings is 1. The van der Waals surface area contributed by atoms with Crippen molar-refractivity contribution in [2.24, 2.45) is 0 Å². The van der Waals surface area contributed by atoms with Crippen molar-refractivity contribution in [3.8, 4) is 0 Å². The number of nitrogens with one attached hydrogen (secondary N) is 1. The second-order valence-electron chi connectivity index (χ2n) is 5.32. The van der Waals surface area contributed by atoms with Crippen LogP contribution in [0, 0.1) is 6.92 Å². The Kier molecular flexibility index (Phi) is 5.28. The maximum Gasteiger partial charge on any atom is 0.307 e. The molecule has 1 aromatic heterocycles. The van der Waals surface area contributed by atoms with Crippen molar-refractivity contribution in [1.29, 1.82) is 0 Å². The molecule has 1 aromatic rings. The van der Waals surface area contributed by atoms with Crippen molar-refractivity contribution in [3.63, 3.8) is 0 Å². The van der Waals surface area contributed by atoms with E-state index < -0.39 is 5.60 Å². The van der Waals surface area contributed by atoms with Crippen LogP contribution in [0.1, 0.15) is 38.3 Å². The molecule has 0 aromatic carbocycles. The molecule has 0 atom stereocenters. The fraction of sp³-hybridized carbons (Fsp3) is 0.571. The molecule has 0 saturated carbocycles. The van der Waals surface area contributed by atoms with E-state index in [1.165, 1.54) is 5.56 Å². The molecule has 0 aliphatic heterocycles. The van der Waals surface area contributed by atoms with E-state index in [1.807, 2.05) is 40.0 Å². The van der Waals surface area contributed by atoms with E-state index in [0.29, 0.717) is 13.0 Å². The number of aryl methyl sites for hydroxylation is 1. The molecule has 0 saturated heterocycles. The molecule has 4 heteroatoms. The predicted octanol–water partition coefficient (Wildman–Crippen LogP) is 2.21. The molecular weight excluding hydrogens is 228 g/mol. The fourth-order valence-electron chi connectivity index (χ4n) is 1.51. The van der Waals surface area contributed by atoms with Crippen LogP contribution in [-0.2, 0) is 16.1 Å². The van der Waals surface area contributed by atoms with Crippen molar-refractivity contribution in [2.45, 2.75) is 46.3 Å². The highest BCUT2D eigenvalue weighted by molar-refractivity contribution is 5.70.